The molecule has 1 aromatic heterocycles. The molecule has 0 radical (unpaired) electrons. The molecule has 1 aromatic carbocycles. The summed E-state index contributed by atoms with van der Waals surface area (Å²) in [6.45, 7) is 2.12. The number of carboxylic acid groups (broad SMARTS) is 1. The Morgan fingerprint density at radius 2 is 2.20 bits per heavy atom. The van der Waals surface area contributed by atoms with Gasteiger partial charge in [0.25, 0.3) is 0 Å². The van der Waals surface area contributed by atoms with Crippen molar-refractivity contribution in [2.75, 3.05) is 5.32 Å². The quantitative estimate of drug-likeness (QED) is 0.872. The molecule has 0 spiro atoms. The number of pyridine rings is 1. The van der Waals surface area contributed by atoms with Crippen LogP contribution in [0.1, 0.15) is 36.5 Å². The van der Waals surface area contributed by atoms with Gasteiger partial charge in [0.1, 0.15) is 5.82 Å². The molecule has 2 N–H and O–H groups in total. The van der Waals surface area contributed by atoms with Gasteiger partial charge in [0.2, 0.25) is 0 Å². The first kappa shape index (κ1) is 12.9. The number of anilines is 1. The molecule has 4 heteroatoms. The molecule has 1 aliphatic carbocycles. The second kappa shape index (κ2) is 5.12. The first-order valence-electron chi connectivity index (χ1n) is 7.03. The second-order valence-corrected chi connectivity index (χ2v) is 5.60. The van der Waals surface area contributed by atoms with Crippen molar-refractivity contribution in [1.29, 1.82) is 0 Å². The minimum atomic E-state index is -0.915. The third-order valence-electron chi connectivity index (χ3n) is 3.72. The molecule has 1 aliphatic rings. The van der Waals surface area contributed by atoms with E-state index in [4.69, 9.17) is 0 Å². The molecule has 1 fully saturated rings. The van der Waals surface area contributed by atoms with Gasteiger partial charge in [-0.2, -0.15) is 0 Å². The average Bonchev–Trinajstić information content (AvgIpc) is 3.21. The molecule has 3 rings (SSSR count). The van der Waals surface area contributed by atoms with Gasteiger partial charge in [0, 0.05) is 11.4 Å². The number of hydrogen-bond acceptors (Lipinski definition) is 3. The maximum absolute atomic E-state index is 11.4. The van der Waals surface area contributed by atoms with Crippen molar-refractivity contribution >= 4 is 22.7 Å². The van der Waals surface area contributed by atoms with Gasteiger partial charge >= 0.3 is 5.97 Å². The van der Waals surface area contributed by atoms with Gasteiger partial charge < -0.3 is 10.4 Å². The van der Waals surface area contributed by atoms with Gasteiger partial charge in [-0.1, -0.05) is 31.0 Å². The summed E-state index contributed by atoms with van der Waals surface area (Å²) in [6.07, 6.45) is 3.76. The van der Waals surface area contributed by atoms with Crippen LogP contribution in [0.4, 0.5) is 5.82 Å². The summed E-state index contributed by atoms with van der Waals surface area (Å²) in [5, 5.41) is 13.3. The molecule has 0 amide bonds. The molecule has 4 nitrogen and oxygen atoms in total. The number of nitrogens with zero attached hydrogens (tertiary/aromatic N) is 1. The van der Waals surface area contributed by atoms with Gasteiger partial charge in [-0.05, 0) is 31.4 Å². The summed E-state index contributed by atoms with van der Waals surface area (Å²) in [4.78, 5) is 15.9. The van der Waals surface area contributed by atoms with Crippen molar-refractivity contribution in [2.45, 2.75) is 32.2 Å². The van der Waals surface area contributed by atoms with Gasteiger partial charge in [0.05, 0.1) is 11.1 Å². The van der Waals surface area contributed by atoms with E-state index >= 15 is 0 Å². The number of fused-ring (bicyclic) bond motifs is 1. The molecule has 1 atom stereocenters. The zero-order chi connectivity index (χ0) is 14.1. The number of para-hydroxylation sites is 1. The highest BCUT2D eigenvalue weighted by Gasteiger charge is 2.23. The van der Waals surface area contributed by atoms with Crippen LogP contribution in [0.3, 0.4) is 0 Å². The minimum absolute atomic E-state index is 0.303. The Labute approximate surface area is 117 Å². The van der Waals surface area contributed by atoms with Crippen LogP contribution in [-0.2, 0) is 0 Å². The van der Waals surface area contributed by atoms with E-state index in [0.29, 0.717) is 28.3 Å². The third kappa shape index (κ3) is 2.74. The molecular weight excluding hydrogens is 252 g/mol. The Kier molecular flexibility index (Phi) is 3.30. The summed E-state index contributed by atoms with van der Waals surface area (Å²) in [5.41, 5.74) is 1.02. The minimum Gasteiger partial charge on any atom is -0.478 e. The molecule has 104 valence electrons. The van der Waals surface area contributed by atoms with Crippen LogP contribution in [0, 0.1) is 5.92 Å². The second-order valence-electron chi connectivity index (χ2n) is 5.60. The van der Waals surface area contributed by atoms with Crippen molar-refractivity contribution in [3.63, 3.8) is 0 Å². The highest BCUT2D eigenvalue weighted by molar-refractivity contribution is 6.03. The Morgan fingerprint density at radius 3 is 2.90 bits per heavy atom. The summed E-state index contributed by atoms with van der Waals surface area (Å²) in [6, 6.07) is 9.30. The van der Waals surface area contributed by atoms with Crippen molar-refractivity contribution < 1.29 is 9.90 Å². The average molecular weight is 270 g/mol. The summed E-state index contributed by atoms with van der Waals surface area (Å²) < 4.78 is 0. The summed E-state index contributed by atoms with van der Waals surface area (Å²) in [7, 11) is 0. The zero-order valence-electron chi connectivity index (χ0n) is 11.5. The predicted molar refractivity (Wildman–Crippen MR) is 79.1 cm³/mol. The van der Waals surface area contributed by atoms with Crippen LogP contribution in [0.2, 0.25) is 0 Å². The first-order valence-corrected chi connectivity index (χ1v) is 7.03. The monoisotopic (exact) mass is 270 g/mol. The lowest BCUT2D eigenvalue weighted by atomic mass is 10.1. The Balaban J connectivity index is 1.92. The lowest BCUT2D eigenvalue weighted by molar-refractivity contribution is 0.0699. The standard InChI is InChI=1S/C16H18N2O2/c1-10(8-11-6-7-11)17-15-9-13(16(19)20)12-4-2-3-5-14(12)18-15/h2-5,9-11H,6-8H2,1H3,(H,17,18)(H,19,20). The topological polar surface area (TPSA) is 62.2 Å². The predicted octanol–water partition coefficient (Wildman–Crippen LogP) is 3.53. The van der Waals surface area contributed by atoms with Gasteiger partial charge in [-0.15, -0.1) is 0 Å². The van der Waals surface area contributed by atoms with Crippen LogP contribution in [-0.4, -0.2) is 22.1 Å². The number of carbonyl (C=O) groups is 1. The first-order chi connectivity index (χ1) is 9.63. The van der Waals surface area contributed by atoms with E-state index in [0.717, 1.165) is 12.3 Å². The zero-order valence-corrected chi connectivity index (χ0v) is 11.5. The number of rotatable bonds is 5. The van der Waals surface area contributed by atoms with Crippen molar-refractivity contribution in [3.05, 3.63) is 35.9 Å². The number of hydrogen-bond donors (Lipinski definition) is 2. The van der Waals surface area contributed by atoms with E-state index in [9.17, 15) is 9.90 Å². The van der Waals surface area contributed by atoms with Gasteiger partial charge in [0.15, 0.2) is 0 Å². The SMILES string of the molecule is CC(CC1CC1)Nc1cc(C(=O)O)c2ccccc2n1. The fourth-order valence-electron chi connectivity index (χ4n) is 2.59. The number of aromatic carboxylic acids is 1. The lowest BCUT2D eigenvalue weighted by Crippen LogP contribution is -2.17. The molecule has 1 saturated carbocycles. The van der Waals surface area contributed by atoms with E-state index in [1.54, 1.807) is 12.1 Å². The summed E-state index contributed by atoms with van der Waals surface area (Å²) in [5.74, 6) is 0.563. The fraction of sp³-hybridized carbons (Fsp3) is 0.375. The maximum atomic E-state index is 11.4. The molecule has 0 bridgehead atoms. The van der Waals surface area contributed by atoms with E-state index in [-0.39, 0.29) is 0 Å². The van der Waals surface area contributed by atoms with Crippen LogP contribution in [0.25, 0.3) is 10.9 Å². The molecule has 0 saturated heterocycles. The molecule has 1 unspecified atom stereocenters. The molecule has 1 heterocycles. The fourth-order valence-corrected chi connectivity index (χ4v) is 2.59. The number of nitrogens with one attached hydrogen (secondary N) is 1. The van der Waals surface area contributed by atoms with Crippen LogP contribution >= 0.6 is 0 Å². The highest BCUT2D eigenvalue weighted by Crippen LogP contribution is 2.34. The molecule has 0 aliphatic heterocycles. The van der Waals surface area contributed by atoms with Gasteiger partial charge in [-0.3, -0.25) is 0 Å². The largest absolute Gasteiger partial charge is 0.478 e. The van der Waals surface area contributed by atoms with E-state index in [2.05, 4.69) is 17.2 Å². The van der Waals surface area contributed by atoms with E-state index < -0.39 is 5.97 Å². The van der Waals surface area contributed by atoms with Crippen molar-refractivity contribution in [2.24, 2.45) is 5.92 Å². The van der Waals surface area contributed by atoms with Crippen molar-refractivity contribution in [1.82, 2.24) is 4.98 Å². The Morgan fingerprint density at radius 1 is 1.45 bits per heavy atom. The lowest BCUT2D eigenvalue weighted by Gasteiger charge is -2.15. The summed E-state index contributed by atoms with van der Waals surface area (Å²) >= 11 is 0. The highest BCUT2D eigenvalue weighted by atomic mass is 16.4. The number of aromatic nitrogens is 1. The van der Waals surface area contributed by atoms with Gasteiger partial charge in [-0.25, -0.2) is 9.78 Å². The van der Waals surface area contributed by atoms with E-state index in [1.165, 1.54) is 12.8 Å². The molecular formula is C16H18N2O2. The molecule has 20 heavy (non-hydrogen) atoms. The Bertz CT molecular complexity index is 650. The van der Waals surface area contributed by atoms with Crippen molar-refractivity contribution in [3.8, 4) is 0 Å². The van der Waals surface area contributed by atoms with Crippen LogP contribution in [0.5, 0.6) is 0 Å². The number of benzene rings is 1. The normalized spacial score (nSPS) is 16.1. The molecule has 2 aromatic rings. The number of carboxylic acids is 1. The maximum Gasteiger partial charge on any atom is 0.336 e. The smallest absolute Gasteiger partial charge is 0.336 e. The van der Waals surface area contributed by atoms with E-state index in [1.807, 2.05) is 18.2 Å². The third-order valence-corrected chi connectivity index (χ3v) is 3.72. The Hall–Kier alpha value is -2.10. The van der Waals surface area contributed by atoms with Crippen LogP contribution < -0.4 is 5.32 Å². The van der Waals surface area contributed by atoms with Crippen LogP contribution in [0.15, 0.2) is 30.3 Å².